The maximum Gasteiger partial charge on any atom is 0.249 e. The van der Waals surface area contributed by atoms with Gasteiger partial charge in [0, 0.05) is 17.1 Å². The Morgan fingerprint density at radius 3 is 2.50 bits per heavy atom. The van der Waals surface area contributed by atoms with E-state index in [1.54, 1.807) is 11.9 Å². The lowest BCUT2D eigenvalue weighted by Crippen LogP contribution is -2.28. The summed E-state index contributed by atoms with van der Waals surface area (Å²) in [7, 11) is 1.75. The molecule has 1 aromatic carbocycles. The summed E-state index contributed by atoms with van der Waals surface area (Å²) in [4.78, 5) is 17.0. The fourth-order valence-electron chi connectivity index (χ4n) is 1.36. The molecule has 0 N–H and O–H groups in total. The predicted molar refractivity (Wildman–Crippen MR) is 58.3 cm³/mol. The van der Waals surface area contributed by atoms with Crippen LogP contribution in [0.4, 0.5) is 0 Å². The van der Waals surface area contributed by atoms with Gasteiger partial charge in [0.05, 0.1) is 0 Å². The van der Waals surface area contributed by atoms with Gasteiger partial charge in [-0.2, -0.15) is 0 Å². The molecule has 0 saturated carbocycles. The summed E-state index contributed by atoms with van der Waals surface area (Å²) < 4.78 is 1.02. The van der Waals surface area contributed by atoms with E-state index in [0.717, 1.165) is 15.9 Å². The molecule has 0 aliphatic carbocycles. The number of amidine groups is 1. The number of rotatable bonds is 1. The monoisotopic (exact) mass is 252 g/mol. The zero-order valence-electron chi connectivity index (χ0n) is 7.70. The van der Waals surface area contributed by atoms with E-state index in [1.807, 2.05) is 24.3 Å². The first kappa shape index (κ1) is 9.40. The van der Waals surface area contributed by atoms with Gasteiger partial charge in [-0.25, -0.2) is 0 Å². The molecule has 1 aliphatic heterocycles. The van der Waals surface area contributed by atoms with Gasteiger partial charge in [0.2, 0.25) is 5.91 Å². The first-order valence-electron chi connectivity index (χ1n) is 4.25. The van der Waals surface area contributed by atoms with Gasteiger partial charge < -0.3 is 0 Å². The van der Waals surface area contributed by atoms with Crippen molar-refractivity contribution in [2.75, 3.05) is 13.6 Å². The van der Waals surface area contributed by atoms with Gasteiger partial charge in [0.25, 0.3) is 0 Å². The van der Waals surface area contributed by atoms with Gasteiger partial charge >= 0.3 is 0 Å². The van der Waals surface area contributed by atoms with E-state index in [4.69, 9.17) is 0 Å². The molecular formula is C10H9BrN2O. The SMILES string of the molecule is CN1C(=O)CN=C1c1ccc(Br)cc1. The van der Waals surface area contributed by atoms with Gasteiger partial charge in [0.1, 0.15) is 12.4 Å². The highest BCUT2D eigenvalue weighted by Gasteiger charge is 2.21. The number of hydrogen-bond donors (Lipinski definition) is 0. The Bertz CT molecular complexity index is 397. The van der Waals surface area contributed by atoms with E-state index in [1.165, 1.54) is 0 Å². The number of carbonyl (C=O) groups is 1. The van der Waals surface area contributed by atoms with Crippen LogP contribution in [0.1, 0.15) is 5.56 Å². The molecule has 0 unspecified atom stereocenters. The van der Waals surface area contributed by atoms with Crippen LogP contribution in [-0.4, -0.2) is 30.2 Å². The minimum atomic E-state index is 0.0444. The topological polar surface area (TPSA) is 32.7 Å². The number of amides is 1. The first-order valence-corrected chi connectivity index (χ1v) is 5.05. The minimum Gasteiger partial charge on any atom is -0.298 e. The molecule has 0 spiro atoms. The van der Waals surface area contributed by atoms with Crippen LogP contribution in [0.5, 0.6) is 0 Å². The zero-order valence-corrected chi connectivity index (χ0v) is 9.28. The van der Waals surface area contributed by atoms with Crippen molar-refractivity contribution >= 4 is 27.7 Å². The lowest BCUT2D eigenvalue weighted by molar-refractivity contribution is -0.123. The standard InChI is InChI=1S/C10H9BrN2O/c1-13-9(14)6-12-10(13)7-2-4-8(11)5-3-7/h2-5H,6H2,1H3. The molecule has 0 saturated heterocycles. The van der Waals surface area contributed by atoms with Crippen molar-refractivity contribution in [3.63, 3.8) is 0 Å². The summed E-state index contributed by atoms with van der Waals surface area (Å²) >= 11 is 3.36. The van der Waals surface area contributed by atoms with Crippen LogP contribution in [0.15, 0.2) is 33.7 Å². The zero-order chi connectivity index (χ0) is 10.1. The Hall–Kier alpha value is -1.16. The summed E-state index contributed by atoms with van der Waals surface area (Å²) in [5.74, 6) is 0.797. The molecule has 3 nitrogen and oxygen atoms in total. The molecule has 72 valence electrons. The maximum atomic E-state index is 11.2. The molecule has 1 aromatic rings. The number of carbonyl (C=O) groups excluding carboxylic acids is 1. The second-order valence-corrected chi connectivity index (χ2v) is 4.02. The Morgan fingerprint density at radius 1 is 1.36 bits per heavy atom. The molecule has 4 heteroatoms. The van der Waals surface area contributed by atoms with Crippen molar-refractivity contribution in [2.45, 2.75) is 0 Å². The highest BCUT2D eigenvalue weighted by molar-refractivity contribution is 9.10. The van der Waals surface area contributed by atoms with Gasteiger partial charge in [-0.15, -0.1) is 0 Å². The molecule has 1 heterocycles. The average Bonchev–Trinajstić information content (AvgIpc) is 2.50. The summed E-state index contributed by atoms with van der Waals surface area (Å²) in [6.45, 7) is 0.266. The second kappa shape index (κ2) is 3.53. The van der Waals surface area contributed by atoms with Crippen molar-refractivity contribution in [2.24, 2.45) is 4.99 Å². The lowest BCUT2D eigenvalue weighted by atomic mass is 10.2. The Kier molecular flexibility index (Phi) is 2.37. The van der Waals surface area contributed by atoms with Crippen molar-refractivity contribution in [1.29, 1.82) is 0 Å². The summed E-state index contributed by atoms with van der Waals surface area (Å²) in [6.07, 6.45) is 0. The van der Waals surface area contributed by atoms with Crippen LogP contribution in [0.25, 0.3) is 0 Å². The second-order valence-electron chi connectivity index (χ2n) is 3.10. The highest BCUT2D eigenvalue weighted by atomic mass is 79.9. The normalized spacial score (nSPS) is 16.0. The fourth-order valence-corrected chi connectivity index (χ4v) is 1.62. The molecule has 2 rings (SSSR count). The van der Waals surface area contributed by atoms with Crippen molar-refractivity contribution < 1.29 is 4.79 Å². The highest BCUT2D eigenvalue weighted by Crippen LogP contribution is 2.14. The lowest BCUT2D eigenvalue weighted by Gasteiger charge is -2.11. The number of aliphatic imine (C=N–C) groups is 1. The molecule has 1 amide bonds. The number of nitrogens with zero attached hydrogens (tertiary/aromatic N) is 2. The van der Waals surface area contributed by atoms with E-state index in [9.17, 15) is 4.79 Å². The smallest absolute Gasteiger partial charge is 0.249 e. The fraction of sp³-hybridized carbons (Fsp3) is 0.200. The van der Waals surface area contributed by atoms with E-state index >= 15 is 0 Å². The van der Waals surface area contributed by atoms with Crippen molar-refractivity contribution in [3.8, 4) is 0 Å². The van der Waals surface area contributed by atoms with E-state index in [2.05, 4.69) is 20.9 Å². The first-order chi connectivity index (χ1) is 6.68. The molecular weight excluding hydrogens is 244 g/mol. The quantitative estimate of drug-likeness (QED) is 0.749. The number of likely N-dealkylation sites (N-methyl/N-ethyl adjacent to an activating group) is 1. The Balaban J connectivity index is 2.33. The minimum absolute atomic E-state index is 0.0444. The third-order valence-corrected chi connectivity index (χ3v) is 2.69. The van der Waals surface area contributed by atoms with Gasteiger partial charge in [-0.3, -0.25) is 14.7 Å². The number of hydrogen-bond acceptors (Lipinski definition) is 2. The average molecular weight is 253 g/mol. The van der Waals surface area contributed by atoms with Gasteiger partial charge in [0.15, 0.2) is 0 Å². The van der Waals surface area contributed by atoms with Crippen LogP contribution >= 0.6 is 15.9 Å². The van der Waals surface area contributed by atoms with Crippen molar-refractivity contribution in [1.82, 2.24) is 4.90 Å². The van der Waals surface area contributed by atoms with E-state index in [-0.39, 0.29) is 12.5 Å². The Morgan fingerprint density at radius 2 is 2.00 bits per heavy atom. The van der Waals surface area contributed by atoms with Crippen LogP contribution in [0.3, 0.4) is 0 Å². The molecule has 0 bridgehead atoms. The van der Waals surface area contributed by atoms with Gasteiger partial charge in [-0.05, 0) is 12.1 Å². The molecule has 14 heavy (non-hydrogen) atoms. The maximum absolute atomic E-state index is 11.2. The summed E-state index contributed by atoms with van der Waals surface area (Å²) in [5.41, 5.74) is 0.974. The van der Waals surface area contributed by atoms with E-state index < -0.39 is 0 Å². The largest absolute Gasteiger partial charge is 0.298 e. The molecule has 0 aromatic heterocycles. The molecule has 0 atom stereocenters. The van der Waals surface area contributed by atoms with Crippen LogP contribution < -0.4 is 0 Å². The van der Waals surface area contributed by atoms with Crippen LogP contribution in [0.2, 0.25) is 0 Å². The van der Waals surface area contributed by atoms with Crippen LogP contribution in [0, 0.1) is 0 Å². The van der Waals surface area contributed by atoms with Crippen LogP contribution in [-0.2, 0) is 4.79 Å². The van der Waals surface area contributed by atoms with Gasteiger partial charge in [-0.1, -0.05) is 28.1 Å². The third kappa shape index (κ3) is 1.57. The molecule has 0 radical (unpaired) electrons. The Labute approximate surface area is 90.6 Å². The molecule has 0 fully saturated rings. The predicted octanol–water partition coefficient (Wildman–Crippen LogP) is 1.67. The summed E-state index contributed by atoms with van der Waals surface area (Å²) in [5, 5.41) is 0. The third-order valence-electron chi connectivity index (χ3n) is 2.16. The number of benzene rings is 1. The number of halogens is 1. The summed E-state index contributed by atoms with van der Waals surface area (Å²) in [6, 6.07) is 7.76. The van der Waals surface area contributed by atoms with E-state index in [0.29, 0.717) is 0 Å². The van der Waals surface area contributed by atoms with Crippen molar-refractivity contribution in [3.05, 3.63) is 34.3 Å². The molecule has 1 aliphatic rings.